The Kier molecular flexibility index (Phi) is 6.63. The zero-order valence-corrected chi connectivity index (χ0v) is 20.7. The summed E-state index contributed by atoms with van der Waals surface area (Å²) in [6.07, 6.45) is 0.754. The molecule has 0 unspecified atom stereocenters. The smallest absolute Gasteiger partial charge is 0.274 e. The number of carbonyl (C=O) groups is 1. The van der Waals surface area contributed by atoms with E-state index >= 15 is 0 Å². The van der Waals surface area contributed by atoms with Crippen molar-refractivity contribution in [3.8, 4) is 16.4 Å². The molecule has 4 aromatic rings. The fraction of sp³-hybridized carbons (Fsp3) is 0.346. The van der Waals surface area contributed by atoms with E-state index in [1.54, 1.807) is 23.3 Å². The molecule has 0 aliphatic carbocycles. The molecular weight excluding hydrogens is 430 g/mol. The van der Waals surface area contributed by atoms with Crippen LogP contribution in [0.4, 0.5) is 0 Å². The van der Waals surface area contributed by atoms with Crippen LogP contribution in [-0.2, 0) is 0 Å². The maximum atomic E-state index is 13.3. The van der Waals surface area contributed by atoms with Crippen LogP contribution in [-0.4, -0.2) is 45.7 Å². The Bertz CT molecular complexity index is 1300. The number of nitrogens with two attached hydrogens (primary N) is 1. The van der Waals surface area contributed by atoms with E-state index in [4.69, 9.17) is 15.8 Å². The van der Waals surface area contributed by atoms with Crippen molar-refractivity contribution in [3.63, 3.8) is 0 Å². The van der Waals surface area contributed by atoms with Gasteiger partial charge in [0.1, 0.15) is 0 Å². The molecule has 0 fully saturated rings. The third-order valence-electron chi connectivity index (χ3n) is 5.72. The Balaban J connectivity index is 1.87. The molecule has 0 saturated heterocycles. The highest BCUT2D eigenvalue weighted by atomic mass is 32.1. The van der Waals surface area contributed by atoms with Gasteiger partial charge in [-0.25, -0.2) is 9.67 Å². The molecular formula is C26H31N5OS. The molecule has 172 valence electrons. The first kappa shape index (κ1) is 23.1. The Morgan fingerprint density at radius 2 is 1.91 bits per heavy atom. The lowest BCUT2D eigenvalue weighted by molar-refractivity contribution is 0.0790. The van der Waals surface area contributed by atoms with Gasteiger partial charge in [-0.1, -0.05) is 60.6 Å². The van der Waals surface area contributed by atoms with Crippen LogP contribution in [0.15, 0.2) is 42.5 Å². The fourth-order valence-electron chi connectivity index (χ4n) is 3.95. The molecule has 1 amide bonds. The Labute approximate surface area is 199 Å². The Hall–Kier alpha value is -3.03. The van der Waals surface area contributed by atoms with Crippen molar-refractivity contribution in [2.45, 2.75) is 40.0 Å². The van der Waals surface area contributed by atoms with Gasteiger partial charge in [0, 0.05) is 29.4 Å². The van der Waals surface area contributed by atoms with Gasteiger partial charge in [0.25, 0.3) is 5.91 Å². The number of aryl methyl sites for hydroxylation is 2. The van der Waals surface area contributed by atoms with Crippen LogP contribution in [0.3, 0.4) is 0 Å². The Morgan fingerprint density at radius 3 is 2.61 bits per heavy atom. The number of hydrogen-bond donors (Lipinski definition) is 1. The average Bonchev–Trinajstić information content (AvgIpc) is 3.39. The third kappa shape index (κ3) is 4.56. The molecule has 2 aromatic heterocycles. The van der Waals surface area contributed by atoms with Gasteiger partial charge in [-0.3, -0.25) is 4.79 Å². The van der Waals surface area contributed by atoms with Crippen molar-refractivity contribution in [2.75, 3.05) is 20.1 Å². The van der Waals surface area contributed by atoms with Crippen LogP contribution < -0.4 is 5.73 Å². The standard InChI is InChI=1S/C26H31N5OS/c1-16(2)24-22(19-9-6-8-17(3)14-19)28-26(33-24)31-21-11-10-18(4)15-20(21)23(29-31)25(32)30(5)13-7-12-27/h6,8-11,14-16H,7,12-13,27H2,1-5H3. The summed E-state index contributed by atoms with van der Waals surface area (Å²) in [6, 6.07) is 14.5. The maximum Gasteiger partial charge on any atom is 0.274 e. The second kappa shape index (κ2) is 9.45. The number of carbonyl (C=O) groups excluding carboxylic acids is 1. The number of hydrogen-bond acceptors (Lipinski definition) is 5. The van der Waals surface area contributed by atoms with E-state index < -0.39 is 0 Å². The number of thiazole rings is 1. The van der Waals surface area contributed by atoms with Crippen molar-refractivity contribution in [3.05, 3.63) is 64.2 Å². The lowest BCUT2D eigenvalue weighted by Gasteiger charge is -2.15. The molecule has 0 saturated carbocycles. The van der Waals surface area contributed by atoms with Crippen LogP contribution in [0.5, 0.6) is 0 Å². The van der Waals surface area contributed by atoms with Crippen LogP contribution in [0.2, 0.25) is 0 Å². The number of fused-ring (bicyclic) bond motifs is 1. The summed E-state index contributed by atoms with van der Waals surface area (Å²) in [5, 5.41) is 6.41. The second-order valence-corrected chi connectivity index (χ2v) is 9.89. The summed E-state index contributed by atoms with van der Waals surface area (Å²) in [6.45, 7) is 9.63. The zero-order chi connectivity index (χ0) is 23.7. The molecule has 0 radical (unpaired) electrons. The second-order valence-electron chi connectivity index (χ2n) is 8.88. The van der Waals surface area contributed by atoms with Crippen molar-refractivity contribution in [2.24, 2.45) is 5.73 Å². The van der Waals surface area contributed by atoms with Crippen molar-refractivity contribution in [1.29, 1.82) is 0 Å². The van der Waals surface area contributed by atoms with E-state index in [9.17, 15) is 4.79 Å². The molecule has 6 nitrogen and oxygen atoms in total. The SMILES string of the molecule is Cc1cccc(-c2nc(-n3nc(C(=O)N(C)CCCN)c4cc(C)ccc43)sc2C(C)C)c1. The summed E-state index contributed by atoms with van der Waals surface area (Å²) in [7, 11) is 1.80. The van der Waals surface area contributed by atoms with Crippen LogP contribution >= 0.6 is 11.3 Å². The minimum Gasteiger partial charge on any atom is -0.340 e. The van der Waals surface area contributed by atoms with Gasteiger partial charge in [0.05, 0.1) is 11.2 Å². The van der Waals surface area contributed by atoms with Crippen molar-refractivity contribution >= 4 is 28.1 Å². The highest BCUT2D eigenvalue weighted by molar-refractivity contribution is 7.14. The van der Waals surface area contributed by atoms with Crippen LogP contribution in [0.25, 0.3) is 27.3 Å². The third-order valence-corrected chi connectivity index (χ3v) is 7.05. The summed E-state index contributed by atoms with van der Waals surface area (Å²) in [5.41, 5.74) is 11.3. The number of benzene rings is 2. The summed E-state index contributed by atoms with van der Waals surface area (Å²) in [5.74, 6) is 0.219. The van der Waals surface area contributed by atoms with Gasteiger partial charge in [-0.15, -0.1) is 0 Å². The predicted octanol–water partition coefficient (Wildman–Crippen LogP) is 5.31. The van der Waals surface area contributed by atoms with Gasteiger partial charge >= 0.3 is 0 Å². The van der Waals surface area contributed by atoms with Gasteiger partial charge in [0.15, 0.2) is 5.69 Å². The molecule has 0 aliphatic heterocycles. The van der Waals surface area contributed by atoms with E-state index in [-0.39, 0.29) is 5.91 Å². The first-order chi connectivity index (χ1) is 15.8. The lowest BCUT2D eigenvalue weighted by atomic mass is 10.0. The highest BCUT2D eigenvalue weighted by Crippen LogP contribution is 2.37. The first-order valence-corrected chi connectivity index (χ1v) is 12.1. The molecule has 7 heteroatoms. The van der Waals surface area contributed by atoms with Crippen molar-refractivity contribution < 1.29 is 4.79 Å². The quantitative estimate of drug-likeness (QED) is 0.405. The molecule has 33 heavy (non-hydrogen) atoms. The minimum absolute atomic E-state index is 0.0997. The van der Waals surface area contributed by atoms with E-state index in [1.165, 1.54) is 10.4 Å². The van der Waals surface area contributed by atoms with Crippen molar-refractivity contribution in [1.82, 2.24) is 19.7 Å². The molecule has 0 bridgehead atoms. The normalized spacial score (nSPS) is 11.5. The zero-order valence-electron chi connectivity index (χ0n) is 19.9. The monoisotopic (exact) mass is 461 g/mol. The van der Waals surface area contributed by atoms with E-state index in [0.29, 0.717) is 24.7 Å². The van der Waals surface area contributed by atoms with Gasteiger partial charge in [-0.05, 0) is 50.9 Å². The Morgan fingerprint density at radius 1 is 1.15 bits per heavy atom. The molecule has 0 spiro atoms. The molecule has 4 rings (SSSR count). The summed E-state index contributed by atoms with van der Waals surface area (Å²) >= 11 is 1.64. The fourth-order valence-corrected chi connectivity index (χ4v) is 5.00. The van der Waals surface area contributed by atoms with E-state index in [2.05, 4.69) is 45.0 Å². The van der Waals surface area contributed by atoms with E-state index in [1.807, 2.05) is 29.8 Å². The maximum absolute atomic E-state index is 13.3. The highest BCUT2D eigenvalue weighted by Gasteiger charge is 2.24. The largest absolute Gasteiger partial charge is 0.340 e. The summed E-state index contributed by atoms with van der Waals surface area (Å²) < 4.78 is 1.83. The van der Waals surface area contributed by atoms with Crippen LogP contribution in [0, 0.1) is 13.8 Å². The van der Waals surface area contributed by atoms with E-state index in [0.717, 1.165) is 39.3 Å². The number of nitrogens with zero attached hydrogens (tertiary/aromatic N) is 4. The summed E-state index contributed by atoms with van der Waals surface area (Å²) in [4.78, 5) is 21.2. The number of amides is 1. The molecule has 2 N–H and O–H groups in total. The molecule has 0 atom stereocenters. The lowest BCUT2D eigenvalue weighted by Crippen LogP contribution is -2.29. The van der Waals surface area contributed by atoms with Gasteiger partial charge < -0.3 is 10.6 Å². The predicted molar refractivity (Wildman–Crippen MR) is 136 cm³/mol. The minimum atomic E-state index is -0.0997. The average molecular weight is 462 g/mol. The molecule has 2 aromatic carbocycles. The topological polar surface area (TPSA) is 77.0 Å². The van der Waals surface area contributed by atoms with Gasteiger partial charge in [0.2, 0.25) is 5.13 Å². The first-order valence-electron chi connectivity index (χ1n) is 11.3. The van der Waals surface area contributed by atoms with Crippen LogP contribution in [0.1, 0.15) is 52.7 Å². The molecule has 0 aliphatic rings. The molecule has 2 heterocycles. The number of rotatable bonds is 7. The van der Waals surface area contributed by atoms with Gasteiger partial charge in [-0.2, -0.15) is 5.10 Å². The number of aromatic nitrogens is 3.